The van der Waals surface area contributed by atoms with E-state index in [9.17, 15) is 0 Å². The Morgan fingerprint density at radius 1 is 0.793 bits per heavy atom. The summed E-state index contributed by atoms with van der Waals surface area (Å²) >= 11 is 0. The molecule has 0 fully saturated rings. The largest absolute Gasteiger partial charge is 0.497 e. The second-order valence-corrected chi connectivity index (χ2v) is 6.46. The third-order valence-electron chi connectivity index (χ3n) is 4.74. The Hall–Kier alpha value is -3.67. The molecule has 0 bridgehead atoms. The number of aromatic nitrogens is 1. The van der Waals surface area contributed by atoms with Crippen LogP contribution >= 0.6 is 0 Å². The summed E-state index contributed by atoms with van der Waals surface area (Å²) in [7, 11) is 4.93. The molecule has 29 heavy (non-hydrogen) atoms. The number of nitrogens with one attached hydrogen (secondary N) is 1. The Bertz CT molecular complexity index is 1120. The van der Waals surface area contributed by atoms with Gasteiger partial charge in [-0.1, -0.05) is 18.2 Å². The molecule has 1 N–H and O–H groups in total. The molecule has 148 valence electrons. The summed E-state index contributed by atoms with van der Waals surface area (Å²) in [6.07, 6.45) is 0. The van der Waals surface area contributed by atoms with Gasteiger partial charge in [-0.15, -0.1) is 0 Å². The van der Waals surface area contributed by atoms with Gasteiger partial charge >= 0.3 is 0 Å². The molecule has 6 heteroatoms. The van der Waals surface area contributed by atoms with Gasteiger partial charge < -0.3 is 23.9 Å². The molecule has 1 heterocycles. The van der Waals surface area contributed by atoms with Crippen LogP contribution in [0.4, 0.5) is 6.01 Å². The van der Waals surface area contributed by atoms with Crippen LogP contribution in [-0.2, 0) is 6.54 Å². The minimum atomic E-state index is 0.463. The number of hydrogen-bond acceptors (Lipinski definition) is 6. The maximum atomic E-state index is 5.90. The molecule has 3 aromatic carbocycles. The second kappa shape index (κ2) is 8.14. The van der Waals surface area contributed by atoms with Gasteiger partial charge in [-0.05, 0) is 47.5 Å². The smallest absolute Gasteiger partial charge is 0.295 e. The van der Waals surface area contributed by atoms with E-state index in [4.69, 9.17) is 18.6 Å². The molecule has 4 rings (SSSR count). The van der Waals surface area contributed by atoms with Crippen LogP contribution in [0.2, 0.25) is 0 Å². The molecule has 0 atom stereocenters. The van der Waals surface area contributed by atoms with E-state index in [1.165, 1.54) is 0 Å². The molecule has 4 aromatic rings. The number of methoxy groups -OCH3 is 3. The van der Waals surface area contributed by atoms with Crippen LogP contribution in [0.5, 0.6) is 17.2 Å². The highest BCUT2D eigenvalue weighted by molar-refractivity contribution is 5.81. The van der Waals surface area contributed by atoms with Gasteiger partial charge in [0.05, 0.1) is 21.3 Å². The molecule has 0 aliphatic rings. The minimum absolute atomic E-state index is 0.463. The summed E-state index contributed by atoms with van der Waals surface area (Å²) in [6, 6.07) is 20.1. The zero-order chi connectivity index (χ0) is 20.2. The van der Waals surface area contributed by atoms with Crippen molar-refractivity contribution in [1.29, 1.82) is 0 Å². The van der Waals surface area contributed by atoms with E-state index in [0.717, 1.165) is 45.0 Å². The maximum absolute atomic E-state index is 5.90. The molecule has 0 aliphatic carbocycles. The van der Waals surface area contributed by atoms with Crippen molar-refractivity contribution in [2.45, 2.75) is 6.54 Å². The van der Waals surface area contributed by atoms with Crippen LogP contribution in [0.15, 0.2) is 65.1 Å². The number of hydrogen-bond donors (Lipinski definition) is 1. The Balaban J connectivity index is 1.53. The Morgan fingerprint density at radius 2 is 1.52 bits per heavy atom. The fourth-order valence-electron chi connectivity index (χ4n) is 3.13. The Labute approximate surface area is 169 Å². The lowest BCUT2D eigenvalue weighted by Crippen LogP contribution is -2.02. The first kappa shape index (κ1) is 18.7. The molecule has 0 saturated heterocycles. The predicted octanol–water partition coefficient (Wildman–Crippen LogP) is 5.13. The van der Waals surface area contributed by atoms with Crippen LogP contribution in [-0.4, -0.2) is 26.3 Å². The lowest BCUT2D eigenvalue weighted by Gasteiger charge is -2.10. The van der Waals surface area contributed by atoms with Crippen LogP contribution in [0.3, 0.4) is 0 Å². The Morgan fingerprint density at radius 3 is 2.24 bits per heavy atom. The summed E-state index contributed by atoms with van der Waals surface area (Å²) in [5, 5.41) is 3.22. The van der Waals surface area contributed by atoms with Crippen LogP contribution in [0.1, 0.15) is 5.56 Å². The number of oxazole rings is 1. The maximum Gasteiger partial charge on any atom is 0.295 e. The summed E-state index contributed by atoms with van der Waals surface area (Å²) in [6.45, 7) is 0.519. The van der Waals surface area contributed by atoms with Crippen LogP contribution in [0, 0.1) is 0 Å². The SMILES string of the molecule is COc1ccc(-c2ccc3nc(NCc4ccc(OC)cc4OC)oc3c2)cc1. The molecule has 0 saturated carbocycles. The van der Waals surface area contributed by atoms with Gasteiger partial charge in [0.1, 0.15) is 22.8 Å². The zero-order valence-corrected chi connectivity index (χ0v) is 16.6. The monoisotopic (exact) mass is 390 g/mol. The quantitative estimate of drug-likeness (QED) is 0.472. The number of ether oxygens (including phenoxy) is 3. The summed E-state index contributed by atoms with van der Waals surface area (Å²) < 4.78 is 21.8. The van der Waals surface area contributed by atoms with Gasteiger partial charge in [-0.25, -0.2) is 0 Å². The fraction of sp³-hybridized carbons (Fsp3) is 0.174. The number of nitrogens with zero attached hydrogens (tertiary/aromatic N) is 1. The lowest BCUT2D eigenvalue weighted by atomic mass is 10.1. The van der Waals surface area contributed by atoms with Crippen molar-refractivity contribution >= 4 is 17.1 Å². The topological polar surface area (TPSA) is 65.8 Å². The van der Waals surface area contributed by atoms with Gasteiger partial charge in [-0.2, -0.15) is 4.98 Å². The van der Waals surface area contributed by atoms with Gasteiger partial charge in [0, 0.05) is 18.2 Å². The van der Waals surface area contributed by atoms with E-state index in [-0.39, 0.29) is 0 Å². The van der Waals surface area contributed by atoms with Crippen molar-refractivity contribution in [3.63, 3.8) is 0 Å². The van der Waals surface area contributed by atoms with Crippen molar-refractivity contribution in [2.24, 2.45) is 0 Å². The summed E-state index contributed by atoms with van der Waals surface area (Å²) in [5.74, 6) is 2.32. The molecule has 0 spiro atoms. The minimum Gasteiger partial charge on any atom is -0.497 e. The van der Waals surface area contributed by atoms with Gasteiger partial charge in [0.15, 0.2) is 5.58 Å². The number of fused-ring (bicyclic) bond motifs is 1. The highest BCUT2D eigenvalue weighted by Gasteiger charge is 2.10. The second-order valence-electron chi connectivity index (χ2n) is 6.46. The molecule has 1 aromatic heterocycles. The van der Waals surface area contributed by atoms with Crippen molar-refractivity contribution in [2.75, 3.05) is 26.6 Å². The average molecular weight is 390 g/mol. The third-order valence-corrected chi connectivity index (χ3v) is 4.74. The standard InChI is InChI=1S/C23H22N2O4/c1-26-18-8-4-15(5-9-18)16-7-11-20-22(12-16)29-23(25-20)24-14-17-6-10-19(27-2)13-21(17)28-3/h4-13H,14H2,1-3H3,(H,24,25). The first-order valence-corrected chi connectivity index (χ1v) is 9.20. The van der Waals surface area contributed by atoms with Crippen molar-refractivity contribution in [1.82, 2.24) is 4.98 Å². The van der Waals surface area contributed by atoms with Crippen molar-refractivity contribution < 1.29 is 18.6 Å². The molecule has 6 nitrogen and oxygen atoms in total. The van der Waals surface area contributed by atoms with Crippen LogP contribution < -0.4 is 19.5 Å². The van der Waals surface area contributed by atoms with E-state index in [0.29, 0.717) is 12.6 Å². The lowest BCUT2D eigenvalue weighted by molar-refractivity contribution is 0.391. The predicted molar refractivity (Wildman–Crippen MR) is 113 cm³/mol. The highest BCUT2D eigenvalue weighted by Crippen LogP contribution is 2.29. The first-order valence-electron chi connectivity index (χ1n) is 9.20. The average Bonchev–Trinajstić information content (AvgIpc) is 3.19. The first-order chi connectivity index (χ1) is 14.2. The van der Waals surface area contributed by atoms with Gasteiger partial charge in [-0.3, -0.25) is 0 Å². The number of rotatable bonds is 7. The Kier molecular flexibility index (Phi) is 5.24. The zero-order valence-electron chi connectivity index (χ0n) is 16.6. The summed E-state index contributed by atoms with van der Waals surface area (Å²) in [4.78, 5) is 4.52. The normalized spacial score (nSPS) is 10.7. The summed E-state index contributed by atoms with van der Waals surface area (Å²) in [5.41, 5.74) is 4.64. The van der Waals surface area contributed by atoms with E-state index >= 15 is 0 Å². The van der Waals surface area contributed by atoms with Gasteiger partial charge in [0.25, 0.3) is 6.01 Å². The molecule has 0 unspecified atom stereocenters. The van der Waals surface area contributed by atoms with E-state index < -0.39 is 0 Å². The highest BCUT2D eigenvalue weighted by atomic mass is 16.5. The fourth-order valence-corrected chi connectivity index (χ4v) is 3.13. The molecular formula is C23H22N2O4. The van der Waals surface area contributed by atoms with Gasteiger partial charge in [0.2, 0.25) is 0 Å². The van der Waals surface area contributed by atoms with Crippen molar-refractivity contribution in [3.8, 4) is 28.4 Å². The van der Waals surface area contributed by atoms with Crippen molar-refractivity contribution in [3.05, 3.63) is 66.2 Å². The molecule has 0 aliphatic heterocycles. The molecule has 0 amide bonds. The third kappa shape index (κ3) is 3.96. The number of benzene rings is 3. The van der Waals surface area contributed by atoms with E-state index in [2.05, 4.69) is 10.3 Å². The van der Waals surface area contributed by atoms with Crippen LogP contribution in [0.25, 0.3) is 22.2 Å². The van der Waals surface area contributed by atoms with E-state index in [1.54, 1.807) is 21.3 Å². The number of anilines is 1. The molecule has 0 radical (unpaired) electrons. The molecular weight excluding hydrogens is 368 g/mol. The van der Waals surface area contributed by atoms with E-state index in [1.807, 2.05) is 60.7 Å².